The number of rotatable bonds is 1. The molecule has 0 saturated heterocycles. The van der Waals surface area contributed by atoms with E-state index in [0.29, 0.717) is 5.69 Å². The van der Waals surface area contributed by atoms with Gasteiger partial charge in [-0.1, -0.05) is 0 Å². The first-order valence-electron chi connectivity index (χ1n) is 4.82. The molecule has 0 spiro atoms. The van der Waals surface area contributed by atoms with E-state index in [1.165, 1.54) is 0 Å². The lowest BCUT2D eigenvalue weighted by molar-refractivity contribution is -0.385. The van der Waals surface area contributed by atoms with Gasteiger partial charge in [0, 0.05) is 11.8 Å². The van der Waals surface area contributed by atoms with Crippen LogP contribution in [-0.2, 0) is 12.8 Å². The molecular weight excluding hydrogens is 180 g/mol. The summed E-state index contributed by atoms with van der Waals surface area (Å²) in [6, 6.07) is 1.69. The smallest absolute Gasteiger partial charge is 0.258 e. The molecule has 1 heterocycles. The summed E-state index contributed by atoms with van der Waals surface area (Å²) in [5, 5.41) is 10.7. The van der Waals surface area contributed by atoms with Crippen LogP contribution in [0.4, 0.5) is 5.69 Å². The van der Waals surface area contributed by atoms with Gasteiger partial charge in [-0.3, -0.25) is 15.1 Å². The maximum atomic E-state index is 10.7. The number of pyridine rings is 1. The Balaban J connectivity index is 2.50. The molecule has 14 heavy (non-hydrogen) atoms. The van der Waals surface area contributed by atoms with E-state index in [-0.39, 0.29) is 10.6 Å². The third-order valence-electron chi connectivity index (χ3n) is 2.66. The Morgan fingerprint density at radius 2 is 2.14 bits per heavy atom. The van der Waals surface area contributed by atoms with E-state index in [9.17, 15) is 10.1 Å². The van der Waals surface area contributed by atoms with Crippen LogP contribution in [0, 0.1) is 17.0 Å². The van der Waals surface area contributed by atoms with Crippen molar-refractivity contribution in [3.8, 4) is 0 Å². The van der Waals surface area contributed by atoms with Gasteiger partial charge in [0.2, 0.25) is 0 Å². The molecule has 0 bridgehead atoms. The number of fused-ring (bicyclic) bond motifs is 1. The highest BCUT2D eigenvalue weighted by atomic mass is 16.6. The Kier molecular flexibility index (Phi) is 2.19. The molecule has 1 aromatic heterocycles. The summed E-state index contributed by atoms with van der Waals surface area (Å²) in [6.07, 6.45) is 4.17. The van der Waals surface area contributed by atoms with Crippen molar-refractivity contribution in [1.82, 2.24) is 4.98 Å². The van der Waals surface area contributed by atoms with Crippen LogP contribution in [0.1, 0.15) is 29.8 Å². The van der Waals surface area contributed by atoms with E-state index in [1.807, 2.05) is 0 Å². The zero-order valence-electron chi connectivity index (χ0n) is 8.12. The summed E-state index contributed by atoms with van der Waals surface area (Å²) in [5.74, 6) is 0. The highest BCUT2D eigenvalue weighted by Crippen LogP contribution is 2.25. The predicted octanol–water partition coefficient (Wildman–Crippen LogP) is 2.18. The fraction of sp³-hybridized carbons (Fsp3) is 0.500. The van der Waals surface area contributed by atoms with E-state index < -0.39 is 0 Å². The number of hydrogen-bond acceptors (Lipinski definition) is 3. The van der Waals surface area contributed by atoms with Crippen molar-refractivity contribution in [2.24, 2.45) is 0 Å². The van der Waals surface area contributed by atoms with Crippen LogP contribution in [0.5, 0.6) is 0 Å². The molecular formula is C10H12N2O2. The van der Waals surface area contributed by atoms with Crippen LogP contribution in [0.2, 0.25) is 0 Å². The first kappa shape index (κ1) is 9.12. The summed E-state index contributed by atoms with van der Waals surface area (Å²) >= 11 is 0. The molecule has 0 N–H and O–H groups in total. The molecule has 0 aromatic carbocycles. The minimum Gasteiger partial charge on any atom is -0.258 e. The lowest BCUT2D eigenvalue weighted by Gasteiger charge is -2.14. The molecule has 0 amide bonds. The van der Waals surface area contributed by atoms with Crippen molar-refractivity contribution in [3.05, 3.63) is 33.1 Å². The fourth-order valence-corrected chi connectivity index (χ4v) is 1.91. The van der Waals surface area contributed by atoms with E-state index in [2.05, 4.69) is 4.98 Å². The lowest BCUT2D eigenvalue weighted by Crippen LogP contribution is -2.08. The van der Waals surface area contributed by atoms with Gasteiger partial charge < -0.3 is 0 Å². The molecule has 0 radical (unpaired) electrons. The molecule has 0 atom stereocenters. The topological polar surface area (TPSA) is 56.0 Å². The molecule has 4 heteroatoms. The van der Waals surface area contributed by atoms with Crippen LogP contribution in [0.3, 0.4) is 0 Å². The Labute approximate surface area is 82.1 Å². The van der Waals surface area contributed by atoms with Gasteiger partial charge in [-0.25, -0.2) is 0 Å². The second-order valence-corrected chi connectivity index (χ2v) is 3.66. The second-order valence-electron chi connectivity index (χ2n) is 3.66. The van der Waals surface area contributed by atoms with Gasteiger partial charge >= 0.3 is 0 Å². The first-order valence-corrected chi connectivity index (χ1v) is 4.82. The third-order valence-corrected chi connectivity index (χ3v) is 2.66. The number of aromatic nitrogens is 1. The minimum absolute atomic E-state index is 0.158. The molecule has 2 rings (SSSR count). The third kappa shape index (κ3) is 1.47. The first-order chi connectivity index (χ1) is 6.68. The predicted molar refractivity (Wildman–Crippen MR) is 52.3 cm³/mol. The largest absolute Gasteiger partial charge is 0.290 e. The average Bonchev–Trinajstić information content (AvgIpc) is 2.16. The molecule has 0 aliphatic heterocycles. The Bertz CT molecular complexity index is 388. The zero-order valence-corrected chi connectivity index (χ0v) is 8.12. The van der Waals surface area contributed by atoms with Crippen LogP contribution < -0.4 is 0 Å². The number of aryl methyl sites for hydroxylation is 3. The number of hydrogen-bond donors (Lipinski definition) is 0. The number of nitrogens with zero attached hydrogens (tertiary/aromatic N) is 2. The van der Waals surface area contributed by atoms with Crippen LogP contribution >= 0.6 is 0 Å². The van der Waals surface area contributed by atoms with Crippen molar-refractivity contribution in [2.75, 3.05) is 0 Å². The maximum Gasteiger partial charge on any atom is 0.290 e. The van der Waals surface area contributed by atoms with Gasteiger partial charge in [-0.05, 0) is 38.2 Å². The summed E-state index contributed by atoms with van der Waals surface area (Å²) in [4.78, 5) is 14.6. The average molecular weight is 192 g/mol. The Hall–Kier alpha value is -1.45. The van der Waals surface area contributed by atoms with Crippen molar-refractivity contribution < 1.29 is 4.92 Å². The summed E-state index contributed by atoms with van der Waals surface area (Å²) in [6.45, 7) is 1.70. The highest BCUT2D eigenvalue weighted by Gasteiger charge is 2.18. The maximum absolute atomic E-state index is 10.7. The van der Waals surface area contributed by atoms with E-state index in [4.69, 9.17) is 0 Å². The van der Waals surface area contributed by atoms with Crippen molar-refractivity contribution >= 4 is 5.69 Å². The fourth-order valence-electron chi connectivity index (χ4n) is 1.91. The van der Waals surface area contributed by atoms with E-state index in [0.717, 1.165) is 36.9 Å². The molecule has 1 aromatic rings. The molecule has 4 nitrogen and oxygen atoms in total. The number of nitro groups is 1. The summed E-state index contributed by atoms with van der Waals surface area (Å²) in [5.41, 5.74) is 2.81. The molecule has 0 fully saturated rings. The Morgan fingerprint density at radius 3 is 2.86 bits per heavy atom. The zero-order chi connectivity index (χ0) is 10.1. The van der Waals surface area contributed by atoms with Crippen molar-refractivity contribution in [2.45, 2.75) is 32.6 Å². The van der Waals surface area contributed by atoms with Crippen LogP contribution in [0.25, 0.3) is 0 Å². The summed E-state index contributed by atoms with van der Waals surface area (Å²) in [7, 11) is 0. The van der Waals surface area contributed by atoms with Crippen molar-refractivity contribution in [1.29, 1.82) is 0 Å². The van der Waals surface area contributed by atoms with Crippen molar-refractivity contribution in [3.63, 3.8) is 0 Å². The van der Waals surface area contributed by atoms with Crippen LogP contribution in [-0.4, -0.2) is 9.91 Å². The molecule has 1 aliphatic carbocycles. The standard InChI is InChI=1S/C10H12N2O2/c1-7-10(12(13)14)6-8-4-2-3-5-9(8)11-7/h6H,2-5H2,1H3. The quantitative estimate of drug-likeness (QED) is 0.506. The molecule has 0 saturated carbocycles. The molecule has 1 aliphatic rings. The molecule has 74 valence electrons. The van der Waals surface area contributed by atoms with Gasteiger partial charge in [-0.15, -0.1) is 0 Å². The van der Waals surface area contributed by atoms with Gasteiger partial charge in [0.15, 0.2) is 0 Å². The van der Waals surface area contributed by atoms with Crippen LogP contribution in [0.15, 0.2) is 6.07 Å². The van der Waals surface area contributed by atoms with Gasteiger partial charge in [0.05, 0.1) is 4.92 Å². The minimum atomic E-state index is -0.350. The highest BCUT2D eigenvalue weighted by molar-refractivity contribution is 5.41. The summed E-state index contributed by atoms with van der Waals surface area (Å²) < 4.78 is 0. The molecule has 0 unspecified atom stereocenters. The van der Waals surface area contributed by atoms with E-state index in [1.54, 1.807) is 13.0 Å². The van der Waals surface area contributed by atoms with Gasteiger partial charge in [0.1, 0.15) is 5.69 Å². The SMILES string of the molecule is Cc1nc2c(cc1[N+](=O)[O-])CCCC2. The van der Waals surface area contributed by atoms with E-state index >= 15 is 0 Å². The second kappa shape index (κ2) is 3.36. The van der Waals surface area contributed by atoms with Gasteiger partial charge in [-0.2, -0.15) is 0 Å². The van der Waals surface area contributed by atoms with Gasteiger partial charge in [0.25, 0.3) is 5.69 Å². The Morgan fingerprint density at radius 1 is 1.43 bits per heavy atom. The monoisotopic (exact) mass is 192 g/mol. The lowest BCUT2D eigenvalue weighted by atomic mass is 9.95. The normalized spacial score (nSPS) is 14.9.